The number of hydrazone groups is 1. The Kier molecular flexibility index (Phi) is 4.82. The van der Waals surface area contributed by atoms with E-state index in [2.05, 4.69) is 5.10 Å². The first-order chi connectivity index (χ1) is 8.01. The third-order valence-electron chi connectivity index (χ3n) is 1.87. The average Bonchev–Trinajstić information content (AvgIpc) is 2.14. The molecule has 0 amide bonds. The van der Waals surface area contributed by atoms with Crippen molar-refractivity contribution in [3.05, 3.63) is 23.8 Å². The first-order valence-electron chi connectivity index (χ1n) is 5.73. The van der Waals surface area contributed by atoms with E-state index in [4.69, 9.17) is 15.3 Å². The molecule has 0 atom stereocenters. The summed E-state index contributed by atoms with van der Waals surface area (Å²) in [5.74, 6) is 6.67. The minimum absolute atomic E-state index is 0.118. The van der Waals surface area contributed by atoms with Gasteiger partial charge in [0.1, 0.15) is 11.5 Å². The minimum atomic E-state index is 0.118. The molecular weight excluding hydrogens is 216 g/mol. The van der Waals surface area contributed by atoms with Gasteiger partial charge in [-0.05, 0) is 39.8 Å². The SMILES string of the molecule is CC(C)Oc1cc(C=NN)cc(OC(C)C)c1. The van der Waals surface area contributed by atoms with Gasteiger partial charge >= 0.3 is 0 Å². The van der Waals surface area contributed by atoms with E-state index in [0.29, 0.717) is 0 Å². The van der Waals surface area contributed by atoms with Crippen molar-refractivity contribution in [2.45, 2.75) is 39.9 Å². The summed E-state index contributed by atoms with van der Waals surface area (Å²) >= 11 is 0. The van der Waals surface area contributed by atoms with E-state index in [-0.39, 0.29) is 12.2 Å². The van der Waals surface area contributed by atoms with Gasteiger partial charge in [0.2, 0.25) is 0 Å². The fraction of sp³-hybridized carbons (Fsp3) is 0.462. The summed E-state index contributed by atoms with van der Waals surface area (Å²) < 4.78 is 11.3. The highest BCUT2D eigenvalue weighted by Crippen LogP contribution is 2.24. The zero-order chi connectivity index (χ0) is 12.8. The maximum absolute atomic E-state index is 5.64. The Hall–Kier alpha value is -1.71. The lowest BCUT2D eigenvalue weighted by Gasteiger charge is -2.14. The van der Waals surface area contributed by atoms with Gasteiger partial charge in [-0.25, -0.2) is 0 Å². The van der Waals surface area contributed by atoms with Crippen molar-refractivity contribution in [2.24, 2.45) is 10.9 Å². The molecule has 1 rings (SSSR count). The highest BCUT2D eigenvalue weighted by atomic mass is 16.5. The number of ether oxygens (including phenoxy) is 2. The van der Waals surface area contributed by atoms with Crippen LogP contribution in [0.3, 0.4) is 0 Å². The third kappa shape index (κ3) is 4.76. The van der Waals surface area contributed by atoms with Crippen molar-refractivity contribution >= 4 is 6.21 Å². The van der Waals surface area contributed by atoms with E-state index in [0.717, 1.165) is 17.1 Å². The van der Waals surface area contributed by atoms with Crippen LogP contribution in [0, 0.1) is 0 Å². The molecule has 0 unspecified atom stereocenters. The predicted octanol–water partition coefficient (Wildman–Crippen LogP) is 2.55. The monoisotopic (exact) mass is 236 g/mol. The Morgan fingerprint density at radius 2 is 1.47 bits per heavy atom. The standard InChI is InChI=1S/C13H20N2O2/c1-9(2)16-12-5-11(8-15-14)6-13(7-12)17-10(3)4/h5-10H,14H2,1-4H3. The van der Waals surface area contributed by atoms with Crippen molar-refractivity contribution in [2.75, 3.05) is 0 Å². The van der Waals surface area contributed by atoms with Crippen LogP contribution in [0.1, 0.15) is 33.3 Å². The van der Waals surface area contributed by atoms with Gasteiger partial charge in [0.25, 0.3) is 0 Å². The van der Waals surface area contributed by atoms with Crippen LogP contribution in [0.2, 0.25) is 0 Å². The molecule has 0 fully saturated rings. The lowest BCUT2D eigenvalue weighted by molar-refractivity contribution is 0.229. The van der Waals surface area contributed by atoms with Gasteiger partial charge in [-0.3, -0.25) is 0 Å². The van der Waals surface area contributed by atoms with E-state index in [1.54, 1.807) is 6.21 Å². The first kappa shape index (κ1) is 13.4. The summed E-state index contributed by atoms with van der Waals surface area (Å²) in [6.07, 6.45) is 1.80. The second kappa shape index (κ2) is 6.13. The van der Waals surface area contributed by atoms with Gasteiger partial charge in [-0.1, -0.05) is 0 Å². The van der Waals surface area contributed by atoms with Crippen molar-refractivity contribution < 1.29 is 9.47 Å². The molecule has 0 spiro atoms. The van der Waals surface area contributed by atoms with E-state index < -0.39 is 0 Å². The Balaban J connectivity index is 3.00. The molecule has 0 aliphatic heterocycles. The van der Waals surface area contributed by atoms with Crippen molar-refractivity contribution in [1.82, 2.24) is 0 Å². The molecule has 0 bridgehead atoms. The zero-order valence-electron chi connectivity index (χ0n) is 10.8. The summed E-state index contributed by atoms with van der Waals surface area (Å²) in [7, 11) is 0. The van der Waals surface area contributed by atoms with Gasteiger partial charge in [0, 0.05) is 11.6 Å². The predicted molar refractivity (Wildman–Crippen MR) is 69.8 cm³/mol. The Morgan fingerprint density at radius 1 is 1.00 bits per heavy atom. The number of nitrogens with two attached hydrogens (primary N) is 1. The molecule has 1 aromatic carbocycles. The topological polar surface area (TPSA) is 56.8 Å². The molecule has 4 heteroatoms. The fourth-order valence-corrected chi connectivity index (χ4v) is 1.43. The molecular formula is C13H20N2O2. The van der Waals surface area contributed by atoms with Crippen LogP contribution in [0.4, 0.5) is 0 Å². The van der Waals surface area contributed by atoms with Gasteiger partial charge in [0.05, 0.1) is 18.4 Å². The number of hydrogen-bond acceptors (Lipinski definition) is 4. The van der Waals surface area contributed by atoms with Gasteiger partial charge in [-0.15, -0.1) is 0 Å². The summed E-state index contributed by atoms with van der Waals surface area (Å²) in [6.45, 7) is 7.92. The van der Waals surface area contributed by atoms with Crippen LogP contribution >= 0.6 is 0 Å². The number of benzene rings is 1. The van der Waals surface area contributed by atoms with Crippen molar-refractivity contribution in [3.63, 3.8) is 0 Å². The molecule has 0 aliphatic carbocycles. The number of hydrogen-bond donors (Lipinski definition) is 1. The summed E-state index contributed by atoms with van der Waals surface area (Å²) in [5.41, 5.74) is 0.862. The lowest BCUT2D eigenvalue weighted by atomic mass is 10.2. The zero-order valence-corrected chi connectivity index (χ0v) is 10.8. The van der Waals surface area contributed by atoms with Gasteiger partial charge in [0.15, 0.2) is 0 Å². The van der Waals surface area contributed by atoms with E-state index in [9.17, 15) is 0 Å². The Morgan fingerprint density at radius 3 is 1.82 bits per heavy atom. The normalized spacial score (nSPS) is 11.4. The molecule has 94 valence electrons. The van der Waals surface area contributed by atoms with Gasteiger partial charge in [-0.2, -0.15) is 5.10 Å². The van der Waals surface area contributed by atoms with Crippen LogP contribution in [0.25, 0.3) is 0 Å². The molecule has 0 radical (unpaired) electrons. The fourth-order valence-electron chi connectivity index (χ4n) is 1.43. The largest absolute Gasteiger partial charge is 0.491 e. The van der Waals surface area contributed by atoms with Gasteiger partial charge < -0.3 is 15.3 Å². The number of rotatable bonds is 5. The smallest absolute Gasteiger partial charge is 0.124 e. The maximum atomic E-state index is 5.64. The quantitative estimate of drug-likeness (QED) is 0.485. The lowest BCUT2D eigenvalue weighted by Crippen LogP contribution is -2.08. The minimum Gasteiger partial charge on any atom is -0.491 e. The Bertz CT molecular complexity index is 359. The summed E-state index contributed by atoms with van der Waals surface area (Å²) in [6, 6.07) is 5.63. The average molecular weight is 236 g/mol. The molecule has 0 aromatic heterocycles. The van der Waals surface area contributed by atoms with E-state index >= 15 is 0 Å². The Labute approximate surface area is 102 Å². The second-order valence-corrected chi connectivity index (χ2v) is 4.35. The maximum Gasteiger partial charge on any atom is 0.124 e. The highest BCUT2D eigenvalue weighted by molar-refractivity contribution is 5.80. The molecule has 2 N–H and O–H groups in total. The van der Waals surface area contributed by atoms with Crippen LogP contribution in [0.5, 0.6) is 11.5 Å². The second-order valence-electron chi connectivity index (χ2n) is 4.35. The third-order valence-corrected chi connectivity index (χ3v) is 1.87. The van der Waals surface area contributed by atoms with Crippen LogP contribution in [-0.4, -0.2) is 18.4 Å². The molecule has 0 aliphatic rings. The first-order valence-corrected chi connectivity index (χ1v) is 5.73. The van der Waals surface area contributed by atoms with Crippen molar-refractivity contribution in [1.29, 1.82) is 0 Å². The molecule has 4 nitrogen and oxygen atoms in total. The van der Waals surface area contributed by atoms with Crippen LogP contribution in [-0.2, 0) is 0 Å². The highest BCUT2D eigenvalue weighted by Gasteiger charge is 2.05. The molecule has 0 saturated heterocycles. The van der Waals surface area contributed by atoms with E-state index in [1.807, 2.05) is 45.9 Å². The summed E-state index contributed by atoms with van der Waals surface area (Å²) in [4.78, 5) is 0. The van der Waals surface area contributed by atoms with Crippen LogP contribution in [0.15, 0.2) is 23.3 Å². The molecule has 0 heterocycles. The molecule has 0 saturated carbocycles. The van der Waals surface area contributed by atoms with Crippen LogP contribution < -0.4 is 15.3 Å². The molecule has 17 heavy (non-hydrogen) atoms. The molecule has 1 aromatic rings. The summed E-state index contributed by atoms with van der Waals surface area (Å²) in [5, 5.41) is 3.51. The van der Waals surface area contributed by atoms with Crippen molar-refractivity contribution in [3.8, 4) is 11.5 Å². The number of nitrogens with zero attached hydrogens (tertiary/aromatic N) is 1. The van der Waals surface area contributed by atoms with E-state index in [1.165, 1.54) is 0 Å².